The third kappa shape index (κ3) is 4.28. The summed E-state index contributed by atoms with van der Waals surface area (Å²) in [6.45, 7) is 4.54. The monoisotopic (exact) mass is 539 g/mol. The Morgan fingerprint density at radius 2 is 1.29 bits per heavy atom. The van der Waals surface area contributed by atoms with Crippen molar-refractivity contribution in [3.63, 3.8) is 0 Å². The molecule has 0 aliphatic carbocycles. The first kappa shape index (κ1) is 25.0. The van der Waals surface area contributed by atoms with Crippen molar-refractivity contribution in [1.82, 2.24) is 0 Å². The van der Waals surface area contributed by atoms with Gasteiger partial charge in [0.2, 0.25) is 0 Å². The first-order valence-electron chi connectivity index (χ1n) is 12.9. The Morgan fingerprint density at radius 1 is 0.763 bits per heavy atom. The quantitative estimate of drug-likeness (QED) is 0.197. The molecule has 0 bridgehead atoms. The van der Waals surface area contributed by atoms with Gasteiger partial charge in [-0.25, -0.2) is 0 Å². The summed E-state index contributed by atoms with van der Waals surface area (Å²) in [6, 6.07) is 33.8. The van der Waals surface area contributed by atoms with Crippen molar-refractivity contribution in [2.45, 2.75) is 25.4 Å². The molecule has 4 nitrogen and oxygen atoms in total. The number of ether oxygens (including phenoxy) is 1. The van der Waals surface area contributed by atoms with Gasteiger partial charge in [-0.05, 0) is 54.9 Å². The van der Waals surface area contributed by atoms with Crippen LogP contribution in [0.3, 0.4) is 0 Å². The summed E-state index contributed by atoms with van der Waals surface area (Å²) in [4.78, 5) is 0. The van der Waals surface area contributed by atoms with Crippen molar-refractivity contribution < 1.29 is 13.1 Å². The third-order valence-electron chi connectivity index (χ3n) is 7.45. The Hall–Kier alpha value is -3.29. The van der Waals surface area contributed by atoms with Crippen LogP contribution in [0.25, 0.3) is 43.5 Å². The van der Waals surface area contributed by atoms with E-state index < -0.39 is 8.16 Å². The van der Waals surface area contributed by atoms with Gasteiger partial charge in [0.1, 0.15) is 16.9 Å². The molecule has 6 rings (SSSR count). The Labute approximate surface area is 225 Å². The van der Waals surface area contributed by atoms with Gasteiger partial charge in [-0.15, -0.1) is 0 Å². The standard InChI is InChI=1S/C32H31NO3P2/c1-5-32(2,26-16-10-11-17-27(26)34-4)37-33(3)38-35-28-20-18-22-12-6-8-14-24(22)30(28)31-25-15-9-7-13-23(25)19-21-29(31)36-38/h6-21,37H,5H2,1-4H3. The van der Waals surface area contributed by atoms with Crippen LogP contribution >= 0.6 is 16.9 Å². The molecule has 0 N–H and O–H groups in total. The molecule has 2 unspecified atom stereocenters. The first-order chi connectivity index (χ1) is 18.5. The van der Waals surface area contributed by atoms with Crippen molar-refractivity contribution >= 4 is 60.4 Å². The maximum atomic E-state index is 6.79. The summed E-state index contributed by atoms with van der Waals surface area (Å²) >= 11 is 0. The highest BCUT2D eigenvalue weighted by molar-refractivity contribution is 7.58. The van der Waals surface area contributed by atoms with E-state index in [4.69, 9.17) is 13.1 Å². The number of para-hydroxylation sites is 1. The van der Waals surface area contributed by atoms with Crippen molar-refractivity contribution in [2.24, 2.45) is 0 Å². The number of fused-ring (bicyclic) bond motifs is 7. The topological polar surface area (TPSA) is 38.8 Å². The highest BCUT2D eigenvalue weighted by Gasteiger charge is 2.31. The zero-order chi connectivity index (χ0) is 26.3. The molecule has 6 aromatic rings. The summed E-state index contributed by atoms with van der Waals surface area (Å²) in [5.41, 5.74) is 2.92. The molecule has 0 radical (unpaired) electrons. The third-order valence-corrected chi connectivity index (χ3v) is 10.9. The molecule has 0 fully saturated rings. The second-order valence-corrected chi connectivity index (χ2v) is 13.6. The molecule has 6 heteroatoms. The van der Waals surface area contributed by atoms with Gasteiger partial charge in [-0.3, -0.25) is 0 Å². The number of nitrogens with zero attached hydrogens (tertiary/aromatic N) is 1. The van der Waals surface area contributed by atoms with Gasteiger partial charge in [-0.1, -0.05) is 92.7 Å². The van der Waals surface area contributed by atoms with E-state index in [2.05, 4.69) is 110 Å². The van der Waals surface area contributed by atoms with Crippen LogP contribution in [-0.4, -0.2) is 14.2 Å². The largest absolute Gasteiger partial charge is 0.496 e. The van der Waals surface area contributed by atoms with E-state index in [0.717, 1.165) is 34.1 Å². The van der Waals surface area contributed by atoms with Gasteiger partial charge in [-0.2, -0.15) is 4.44 Å². The molecule has 1 aromatic heterocycles. The number of hydrogen-bond donors (Lipinski definition) is 0. The summed E-state index contributed by atoms with van der Waals surface area (Å²) < 4.78 is 21.6. The lowest BCUT2D eigenvalue weighted by atomic mass is 9.96. The fourth-order valence-corrected chi connectivity index (χ4v) is 8.66. The number of benzene rings is 5. The Bertz CT molecular complexity index is 1730. The Balaban J connectivity index is 1.61. The minimum atomic E-state index is -1.41. The minimum Gasteiger partial charge on any atom is -0.496 e. The van der Waals surface area contributed by atoms with E-state index in [9.17, 15) is 0 Å². The van der Waals surface area contributed by atoms with Crippen molar-refractivity contribution in [3.05, 3.63) is 103 Å². The molecule has 2 atom stereocenters. The van der Waals surface area contributed by atoms with Crippen LogP contribution in [0.2, 0.25) is 0 Å². The molecule has 0 aliphatic rings. The van der Waals surface area contributed by atoms with E-state index in [1.54, 1.807) is 7.11 Å². The predicted octanol–water partition coefficient (Wildman–Crippen LogP) is 10.1. The van der Waals surface area contributed by atoms with E-state index in [0.29, 0.717) is 8.73 Å². The Morgan fingerprint density at radius 3 is 1.84 bits per heavy atom. The molecule has 0 spiro atoms. The zero-order valence-corrected chi connectivity index (χ0v) is 24.0. The maximum Gasteiger partial charge on any atom is 0.313 e. The van der Waals surface area contributed by atoms with E-state index in [-0.39, 0.29) is 5.16 Å². The van der Waals surface area contributed by atoms with Crippen molar-refractivity contribution in [2.75, 3.05) is 18.6 Å². The molecular weight excluding hydrogens is 508 g/mol. The van der Waals surface area contributed by atoms with Gasteiger partial charge in [0.25, 0.3) is 0 Å². The number of rotatable bonds is 6. The zero-order valence-electron chi connectivity index (χ0n) is 22.1. The summed E-state index contributed by atoms with van der Waals surface area (Å²) in [5.74, 6) is 0.918. The molecule has 1 heterocycles. The van der Waals surface area contributed by atoms with Gasteiger partial charge in [0.05, 0.1) is 7.11 Å². The average molecular weight is 540 g/mol. The van der Waals surface area contributed by atoms with Crippen LogP contribution in [-0.2, 0) is 5.16 Å². The predicted molar refractivity (Wildman–Crippen MR) is 164 cm³/mol. The summed E-state index contributed by atoms with van der Waals surface area (Å²) in [7, 11) is 2.86. The van der Waals surface area contributed by atoms with Gasteiger partial charge >= 0.3 is 8.16 Å². The van der Waals surface area contributed by atoms with Crippen LogP contribution in [0.15, 0.2) is 105 Å². The minimum absolute atomic E-state index is 0.124. The van der Waals surface area contributed by atoms with Gasteiger partial charge in [0.15, 0.2) is 0 Å². The van der Waals surface area contributed by atoms with Crippen LogP contribution in [0.4, 0.5) is 0 Å². The highest BCUT2D eigenvalue weighted by atomic mass is 31.2. The van der Waals surface area contributed by atoms with E-state index in [1.807, 2.05) is 12.1 Å². The lowest BCUT2D eigenvalue weighted by Gasteiger charge is -2.32. The fourth-order valence-electron chi connectivity index (χ4n) is 5.31. The lowest BCUT2D eigenvalue weighted by Crippen LogP contribution is -2.20. The average Bonchev–Trinajstić information content (AvgIpc) is 3.14. The first-order valence-corrected chi connectivity index (χ1v) is 14.9. The summed E-state index contributed by atoms with van der Waals surface area (Å²) in [5, 5.41) is 6.77. The lowest BCUT2D eigenvalue weighted by molar-refractivity contribution is 0.403. The van der Waals surface area contributed by atoms with Crippen molar-refractivity contribution in [3.8, 4) is 5.75 Å². The normalized spacial score (nSPS) is 13.7. The van der Waals surface area contributed by atoms with Crippen LogP contribution < -0.4 is 9.18 Å². The molecule has 38 heavy (non-hydrogen) atoms. The van der Waals surface area contributed by atoms with Crippen LogP contribution in [0, 0.1) is 0 Å². The van der Waals surface area contributed by atoms with Crippen molar-refractivity contribution in [1.29, 1.82) is 0 Å². The maximum absolute atomic E-state index is 6.79. The molecule has 0 amide bonds. The van der Waals surface area contributed by atoms with E-state index >= 15 is 0 Å². The summed E-state index contributed by atoms with van der Waals surface area (Å²) in [6.07, 6.45) is 0.960. The molecule has 5 aromatic carbocycles. The van der Waals surface area contributed by atoms with Crippen LogP contribution in [0.1, 0.15) is 25.8 Å². The fraction of sp³-hybridized carbons (Fsp3) is 0.188. The second kappa shape index (κ2) is 10.1. The SMILES string of the molecule is CCC(C)(PN(C)p1oc2ccc3ccccc3c2c2c(ccc3ccccc32)o1)c1ccccc1OC. The van der Waals surface area contributed by atoms with Crippen LogP contribution in [0.5, 0.6) is 5.75 Å². The van der Waals surface area contributed by atoms with E-state index in [1.165, 1.54) is 27.1 Å². The molecule has 192 valence electrons. The Kier molecular flexibility index (Phi) is 6.66. The smallest absolute Gasteiger partial charge is 0.313 e. The second-order valence-electron chi connectivity index (χ2n) is 9.76. The highest BCUT2D eigenvalue weighted by Crippen LogP contribution is 2.53. The molecule has 0 aliphatic heterocycles. The number of hydrogen-bond acceptors (Lipinski definition) is 4. The van der Waals surface area contributed by atoms with Gasteiger partial charge in [0, 0.05) is 28.5 Å². The molecule has 0 saturated heterocycles. The number of methoxy groups -OCH3 is 1. The molecular formula is C32H31NO3P2. The van der Waals surface area contributed by atoms with Gasteiger partial charge < -0.3 is 13.1 Å². The molecule has 0 saturated carbocycles.